The fourth-order valence-corrected chi connectivity index (χ4v) is 2.77. The molecule has 0 spiro atoms. The number of hydrogen-bond acceptors (Lipinski definition) is 8. The number of carboxylic acid groups (broad SMARTS) is 1. The third-order valence-electron chi connectivity index (χ3n) is 3.75. The Hall–Kier alpha value is -4.02. The third kappa shape index (κ3) is 2.90. The number of aryl methyl sites for hydroxylation is 2. The maximum absolute atomic E-state index is 11.4. The van der Waals surface area contributed by atoms with Crippen molar-refractivity contribution in [1.29, 1.82) is 0 Å². The highest BCUT2D eigenvalue weighted by atomic mass is 16.4. The molecule has 4 N–H and O–H groups in total. The van der Waals surface area contributed by atoms with Gasteiger partial charge in [-0.2, -0.15) is 10.2 Å². The van der Waals surface area contributed by atoms with Crippen molar-refractivity contribution in [1.82, 2.24) is 34.3 Å². The van der Waals surface area contributed by atoms with E-state index >= 15 is 0 Å². The van der Waals surface area contributed by atoms with E-state index in [4.69, 9.17) is 5.73 Å². The van der Waals surface area contributed by atoms with Crippen molar-refractivity contribution in [3.63, 3.8) is 0 Å². The van der Waals surface area contributed by atoms with Gasteiger partial charge in [0.05, 0.1) is 11.4 Å². The van der Waals surface area contributed by atoms with E-state index in [1.165, 1.54) is 0 Å². The van der Waals surface area contributed by atoms with Crippen LogP contribution < -0.4 is 11.1 Å². The van der Waals surface area contributed by atoms with Gasteiger partial charge in [-0.25, -0.2) is 24.3 Å². The molecule has 0 aromatic carbocycles. The molecule has 11 nitrogen and oxygen atoms in total. The van der Waals surface area contributed by atoms with Crippen LogP contribution in [0.4, 0.5) is 22.2 Å². The van der Waals surface area contributed by atoms with E-state index in [1.807, 2.05) is 0 Å². The molecule has 4 aromatic heterocycles. The number of nitrogens with two attached hydrogens (primary N) is 1. The van der Waals surface area contributed by atoms with Crippen LogP contribution in [0.15, 0.2) is 30.5 Å². The predicted molar refractivity (Wildman–Crippen MR) is 96.8 cm³/mol. The zero-order valence-corrected chi connectivity index (χ0v) is 14.5. The Morgan fingerprint density at radius 3 is 2.78 bits per heavy atom. The van der Waals surface area contributed by atoms with Gasteiger partial charge in [-0.1, -0.05) is 0 Å². The second-order valence-corrected chi connectivity index (χ2v) is 5.82. The average Bonchev–Trinajstić information content (AvgIpc) is 3.14. The fraction of sp³-hybridized carbons (Fsp3) is 0.125. The van der Waals surface area contributed by atoms with Gasteiger partial charge in [0.25, 0.3) is 0 Å². The standard InChI is InChI=1S/C16H15N9O2/c1-8-6-13(25(23-8)16(26)27)22-15-14(10-7-11(17)20-9(2)19-10)24-12(21-15)4-3-5-18-24/h3-7,22H,1-2H3,(H,26,27)(H2,17,19,20). The highest BCUT2D eigenvalue weighted by molar-refractivity contribution is 5.80. The van der Waals surface area contributed by atoms with Crippen LogP contribution in [-0.4, -0.2) is 45.5 Å². The minimum atomic E-state index is -1.21. The van der Waals surface area contributed by atoms with Crippen LogP contribution in [0.1, 0.15) is 11.5 Å². The molecule has 0 fully saturated rings. The van der Waals surface area contributed by atoms with Crippen LogP contribution in [0.25, 0.3) is 17.0 Å². The van der Waals surface area contributed by atoms with Gasteiger partial charge in [0.15, 0.2) is 11.5 Å². The molecule has 0 atom stereocenters. The number of hydrogen-bond donors (Lipinski definition) is 3. The van der Waals surface area contributed by atoms with Gasteiger partial charge in [0, 0.05) is 18.3 Å². The Labute approximate surface area is 152 Å². The van der Waals surface area contributed by atoms with Crippen LogP contribution in [-0.2, 0) is 0 Å². The van der Waals surface area contributed by atoms with E-state index in [0.717, 1.165) is 4.68 Å². The van der Waals surface area contributed by atoms with Crippen LogP contribution in [0.5, 0.6) is 0 Å². The van der Waals surface area contributed by atoms with Crippen molar-refractivity contribution in [3.05, 3.63) is 42.0 Å². The third-order valence-corrected chi connectivity index (χ3v) is 3.75. The number of nitrogen functional groups attached to an aromatic ring is 1. The Kier molecular flexibility index (Phi) is 3.69. The molecule has 0 bridgehead atoms. The van der Waals surface area contributed by atoms with Gasteiger partial charge in [-0.3, -0.25) is 0 Å². The van der Waals surface area contributed by atoms with Crippen LogP contribution >= 0.6 is 0 Å². The molecule has 0 aliphatic carbocycles. The monoisotopic (exact) mass is 365 g/mol. The summed E-state index contributed by atoms with van der Waals surface area (Å²) in [6, 6.07) is 6.74. The summed E-state index contributed by atoms with van der Waals surface area (Å²) in [6.07, 6.45) is 0.404. The largest absolute Gasteiger partial charge is 0.463 e. The lowest BCUT2D eigenvalue weighted by atomic mass is 10.2. The van der Waals surface area contributed by atoms with E-state index in [1.54, 1.807) is 48.8 Å². The molecule has 0 saturated heterocycles. The lowest BCUT2D eigenvalue weighted by Crippen LogP contribution is -2.13. The summed E-state index contributed by atoms with van der Waals surface area (Å²) in [6.45, 7) is 3.43. The topological polar surface area (TPSA) is 149 Å². The minimum Gasteiger partial charge on any atom is -0.463 e. The normalized spacial score (nSPS) is 11.0. The number of anilines is 3. The second kappa shape index (κ2) is 6.05. The van der Waals surface area contributed by atoms with Gasteiger partial charge in [0.1, 0.15) is 23.2 Å². The molecule has 4 heterocycles. The molecular formula is C16H15N9O2. The van der Waals surface area contributed by atoms with E-state index < -0.39 is 6.09 Å². The van der Waals surface area contributed by atoms with Gasteiger partial charge in [-0.15, -0.1) is 4.68 Å². The molecular weight excluding hydrogens is 350 g/mol. The fourth-order valence-electron chi connectivity index (χ4n) is 2.77. The molecule has 0 saturated carbocycles. The van der Waals surface area contributed by atoms with E-state index in [2.05, 4.69) is 30.5 Å². The van der Waals surface area contributed by atoms with Gasteiger partial charge < -0.3 is 16.2 Å². The molecule has 11 heteroatoms. The molecule has 0 aliphatic rings. The molecule has 27 heavy (non-hydrogen) atoms. The summed E-state index contributed by atoms with van der Waals surface area (Å²) in [5.74, 6) is 1.42. The zero-order valence-electron chi connectivity index (χ0n) is 14.5. The minimum absolute atomic E-state index is 0.253. The van der Waals surface area contributed by atoms with Crippen LogP contribution in [0.2, 0.25) is 0 Å². The van der Waals surface area contributed by atoms with Crippen molar-refractivity contribution in [2.45, 2.75) is 13.8 Å². The van der Waals surface area contributed by atoms with Crippen molar-refractivity contribution in [2.75, 3.05) is 11.1 Å². The Bertz CT molecular complexity index is 1160. The van der Waals surface area contributed by atoms with Crippen molar-refractivity contribution >= 4 is 29.2 Å². The van der Waals surface area contributed by atoms with Gasteiger partial charge in [0.2, 0.25) is 0 Å². The first kappa shape index (κ1) is 16.4. The summed E-state index contributed by atoms with van der Waals surface area (Å²) >= 11 is 0. The van der Waals surface area contributed by atoms with Crippen molar-refractivity contribution in [3.8, 4) is 11.4 Å². The number of rotatable bonds is 3. The first-order valence-electron chi connectivity index (χ1n) is 7.94. The number of nitrogens with one attached hydrogen (secondary N) is 1. The number of imidazole rings is 1. The first-order valence-corrected chi connectivity index (χ1v) is 7.94. The Morgan fingerprint density at radius 1 is 1.22 bits per heavy atom. The average molecular weight is 365 g/mol. The van der Waals surface area contributed by atoms with E-state index in [-0.39, 0.29) is 5.82 Å². The van der Waals surface area contributed by atoms with Crippen LogP contribution in [0, 0.1) is 13.8 Å². The van der Waals surface area contributed by atoms with Crippen LogP contribution in [0.3, 0.4) is 0 Å². The zero-order chi connectivity index (χ0) is 19.1. The summed E-state index contributed by atoms with van der Waals surface area (Å²) in [4.78, 5) is 24.4. The predicted octanol–water partition coefficient (Wildman–Crippen LogP) is 1.85. The van der Waals surface area contributed by atoms with Gasteiger partial charge in [-0.05, 0) is 26.0 Å². The molecule has 136 valence electrons. The van der Waals surface area contributed by atoms with E-state index in [9.17, 15) is 9.90 Å². The van der Waals surface area contributed by atoms with Crippen molar-refractivity contribution < 1.29 is 9.90 Å². The summed E-state index contributed by atoms with van der Waals surface area (Å²) in [7, 11) is 0. The lowest BCUT2D eigenvalue weighted by Gasteiger charge is -2.08. The number of nitrogens with zero attached hydrogens (tertiary/aromatic N) is 7. The molecule has 4 rings (SSSR count). The summed E-state index contributed by atoms with van der Waals surface area (Å²) < 4.78 is 2.44. The quantitative estimate of drug-likeness (QED) is 0.494. The van der Waals surface area contributed by atoms with Gasteiger partial charge >= 0.3 is 6.09 Å². The number of aromatic nitrogens is 7. The van der Waals surface area contributed by atoms with Crippen molar-refractivity contribution in [2.24, 2.45) is 0 Å². The maximum atomic E-state index is 11.4. The SMILES string of the molecule is Cc1cc(Nc2nc3cccnn3c2-c2cc(N)nc(C)n2)n(C(=O)O)n1. The number of carbonyl (C=O) groups is 1. The molecule has 0 unspecified atom stereocenters. The maximum Gasteiger partial charge on any atom is 0.434 e. The van der Waals surface area contributed by atoms with E-state index in [0.29, 0.717) is 40.2 Å². The first-order chi connectivity index (χ1) is 12.9. The Balaban J connectivity index is 1.92. The smallest absolute Gasteiger partial charge is 0.434 e. The molecule has 0 amide bonds. The molecule has 0 aliphatic heterocycles. The number of fused-ring (bicyclic) bond motifs is 1. The Morgan fingerprint density at radius 2 is 2.04 bits per heavy atom. The molecule has 4 aromatic rings. The second-order valence-electron chi connectivity index (χ2n) is 5.82. The highest BCUT2D eigenvalue weighted by Gasteiger charge is 2.20. The summed E-state index contributed by atoms with van der Waals surface area (Å²) in [5, 5.41) is 20.6. The lowest BCUT2D eigenvalue weighted by molar-refractivity contribution is 0.193. The highest BCUT2D eigenvalue weighted by Crippen LogP contribution is 2.30. The summed E-state index contributed by atoms with van der Waals surface area (Å²) in [5.41, 5.74) is 8.00. The molecule has 0 radical (unpaired) electrons.